The maximum absolute atomic E-state index is 12.5. The molecule has 2 rings (SSSR count). The Labute approximate surface area is 164 Å². The smallest absolute Gasteiger partial charge is 0.257 e. The van der Waals surface area contributed by atoms with Gasteiger partial charge in [-0.3, -0.25) is 9.52 Å². The van der Waals surface area contributed by atoms with Gasteiger partial charge in [0.25, 0.3) is 5.91 Å². The largest absolute Gasteiger partial charge is 0.322 e. The summed E-state index contributed by atoms with van der Waals surface area (Å²) in [5.74, 6) is -0.698. The molecule has 0 saturated carbocycles. The minimum Gasteiger partial charge on any atom is -0.322 e. The molecule has 10 heteroatoms. The molecule has 8 nitrogen and oxygen atoms in total. The predicted molar refractivity (Wildman–Crippen MR) is 110 cm³/mol. The average Bonchev–Trinajstić information content (AvgIpc) is 2.60. The summed E-state index contributed by atoms with van der Waals surface area (Å²) in [4.78, 5) is 12.5. The van der Waals surface area contributed by atoms with Crippen molar-refractivity contribution in [1.82, 2.24) is 4.72 Å². The summed E-state index contributed by atoms with van der Waals surface area (Å²) >= 11 is 0. The molecule has 0 aromatic heterocycles. The number of para-hydroxylation sites is 1. The van der Waals surface area contributed by atoms with Gasteiger partial charge in [0, 0.05) is 12.2 Å². The number of nitrogens with one attached hydrogen (secondary N) is 3. The quantitative estimate of drug-likeness (QED) is 0.532. The summed E-state index contributed by atoms with van der Waals surface area (Å²) < 4.78 is 51.3. The zero-order valence-electron chi connectivity index (χ0n) is 15.2. The number of hydrogen-bond acceptors (Lipinski definition) is 5. The zero-order valence-corrected chi connectivity index (χ0v) is 16.8. The lowest BCUT2D eigenvalue weighted by Gasteiger charge is -2.11. The van der Waals surface area contributed by atoms with Gasteiger partial charge in [0.15, 0.2) is 0 Å². The van der Waals surface area contributed by atoms with Crippen LogP contribution in [0.2, 0.25) is 0 Å². The monoisotopic (exact) mass is 423 g/mol. The summed E-state index contributed by atoms with van der Waals surface area (Å²) in [6.45, 7) is 3.61. The van der Waals surface area contributed by atoms with E-state index < -0.39 is 26.0 Å². The molecule has 0 bridgehead atoms. The van der Waals surface area contributed by atoms with E-state index in [1.165, 1.54) is 18.2 Å². The highest BCUT2D eigenvalue weighted by atomic mass is 32.2. The molecule has 0 aliphatic carbocycles. The molecule has 1 amide bonds. The number of amides is 1. The zero-order chi connectivity index (χ0) is 20.8. The van der Waals surface area contributed by atoms with Crippen molar-refractivity contribution in [2.75, 3.05) is 22.8 Å². The molecule has 0 aliphatic rings. The van der Waals surface area contributed by atoms with E-state index in [4.69, 9.17) is 0 Å². The van der Waals surface area contributed by atoms with Crippen LogP contribution in [0.5, 0.6) is 0 Å². The van der Waals surface area contributed by atoms with E-state index in [0.717, 1.165) is 6.26 Å². The van der Waals surface area contributed by atoms with E-state index in [0.29, 0.717) is 11.3 Å². The van der Waals surface area contributed by atoms with Gasteiger partial charge in [0.1, 0.15) is 0 Å². The van der Waals surface area contributed by atoms with E-state index in [-0.39, 0.29) is 23.5 Å². The second-order valence-corrected chi connectivity index (χ2v) is 9.52. The molecule has 0 saturated heterocycles. The first kappa shape index (κ1) is 21.6. The first-order valence-corrected chi connectivity index (χ1v) is 11.7. The maximum atomic E-state index is 12.5. The summed E-state index contributed by atoms with van der Waals surface area (Å²) in [7, 11) is -7.01. The molecule has 2 aromatic carbocycles. The van der Waals surface area contributed by atoms with E-state index >= 15 is 0 Å². The molecule has 0 fully saturated rings. The lowest BCUT2D eigenvalue weighted by Crippen LogP contribution is -2.25. The van der Waals surface area contributed by atoms with Gasteiger partial charge in [-0.15, -0.1) is 6.58 Å². The lowest BCUT2D eigenvalue weighted by atomic mass is 10.1. The lowest BCUT2D eigenvalue weighted by molar-refractivity contribution is 0.102. The second kappa shape index (κ2) is 9.00. The van der Waals surface area contributed by atoms with Crippen LogP contribution in [-0.2, 0) is 25.8 Å². The Balaban J connectivity index is 2.11. The van der Waals surface area contributed by atoms with Gasteiger partial charge in [-0.25, -0.2) is 21.6 Å². The molecule has 150 valence electrons. The fraction of sp³-hybridized carbons (Fsp3) is 0.167. The Bertz CT molecular complexity index is 1060. The van der Waals surface area contributed by atoms with Crippen LogP contribution < -0.4 is 14.8 Å². The minimum atomic E-state index is -3.53. The fourth-order valence-corrected chi connectivity index (χ4v) is 3.99. The van der Waals surface area contributed by atoms with Gasteiger partial charge in [-0.05, 0) is 29.8 Å². The van der Waals surface area contributed by atoms with Crippen LogP contribution in [0, 0.1) is 0 Å². The van der Waals surface area contributed by atoms with Crippen LogP contribution in [0.15, 0.2) is 61.2 Å². The van der Waals surface area contributed by atoms with Crippen LogP contribution in [0.4, 0.5) is 11.4 Å². The Morgan fingerprint density at radius 2 is 1.68 bits per heavy atom. The topological polar surface area (TPSA) is 121 Å². The predicted octanol–water partition coefficient (Wildman–Crippen LogP) is 1.92. The first-order chi connectivity index (χ1) is 13.1. The molecule has 3 N–H and O–H groups in total. The first-order valence-electron chi connectivity index (χ1n) is 8.15. The standard InChI is InChI=1S/C18H21N3O5S2/c1-3-12-19-28(25,26)13-14-8-10-15(11-9-14)20-18(22)16-6-4-5-7-17(16)21-27(2,23)24/h3-11,19,21H,1,12-13H2,2H3,(H,20,22). The SMILES string of the molecule is C=CCNS(=O)(=O)Cc1ccc(NC(=O)c2ccccc2NS(C)(=O)=O)cc1. The molecule has 0 heterocycles. The Morgan fingerprint density at radius 1 is 1.04 bits per heavy atom. The van der Waals surface area contributed by atoms with Crippen LogP contribution in [0.1, 0.15) is 15.9 Å². The third-order valence-electron chi connectivity index (χ3n) is 3.48. The molecule has 2 aromatic rings. The Kier molecular flexibility index (Phi) is 6.95. The van der Waals surface area contributed by atoms with Crippen LogP contribution in [-0.4, -0.2) is 35.5 Å². The molecule has 0 radical (unpaired) electrons. The third kappa shape index (κ3) is 6.80. The summed E-state index contributed by atoms with van der Waals surface area (Å²) in [6, 6.07) is 12.5. The van der Waals surface area contributed by atoms with Crippen LogP contribution in [0.25, 0.3) is 0 Å². The van der Waals surface area contributed by atoms with E-state index in [1.807, 2.05) is 0 Å². The second-order valence-electron chi connectivity index (χ2n) is 5.97. The average molecular weight is 424 g/mol. The number of hydrogen-bond donors (Lipinski definition) is 3. The van der Waals surface area contributed by atoms with Gasteiger partial charge in [-0.1, -0.05) is 30.3 Å². The van der Waals surface area contributed by atoms with Crippen molar-refractivity contribution < 1.29 is 21.6 Å². The highest BCUT2D eigenvalue weighted by molar-refractivity contribution is 7.92. The molecule has 0 atom stereocenters. The number of benzene rings is 2. The summed E-state index contributed by atoms with van der Waals surface area (Å²) in [5, 5.41) is 2.66. The Morgan fingerprint density at radius 3 is 2.29 bits per heavy atom. The van der Waals surface area contributed by atoms with Gasteiger partial charge < -0.3 is 5.32 Å². The highest BCUT2D eigenvalue weighted by Crippen LogP contribution is 2.19. The van der Waals surface area contributed by atoms with E-state index in [2.05, 4.69) is 21.3 Å². The molecule has 0 spiro atoms. The molecular formula is C18H21N3O5S2. The molecule has 28 heavy (non-hydrogen) atoms. The van der Waals surface area contributed by atoms with Crippen molar-refractivity contribution in [3.8, 4) is 0 Å². The van der Waals surface area contributed by atoms with Crippen molar-refractivity contribution >= 4 is 37.3 Å². The van der Waals surface area contributed by atoms with Crippen molar-refractivity contribution in [3.63, 3.8) is 0 Å². The van der Waals surface area contributed by atoms with Crippen molar-refractivity contribution in [2.24, 2.45) is 0 Å². The Hall–Kier alpha value is -2.69. The summed E-state index contributed by atoms with van der Waals surface area (Å²) in [6.07, 6.45) is 2.45. The summed E-state index contributed by atoms with van der Waals surface area (Å²) in [5.41, 5.74) is 1.32. The third-order valence-corrected chi connectivity index (χ3v) is 5.39. The van der Waals surface area contributed by atoms with Gasteiger partial charge in [0.2, 0.25) is 20.0 Å². The van der Waals surface area contributed by atoms with E-state index in [1.54, 1.807) is 36.4 Å². The molecule has 0 unspecified atom stereocenters. The maximum Gasteiger partial charge on any atom is 0.257 e. The van der Waals surface area contributed by atoms with Crippen LogP contribution >= 0.6 is 0 Å². The van der Waals surface area contributed by atoms with Gasteiger partial charge in [0.05, 0.1) is 23.3 Å². The number of anilines is 2. The van der Waals surface area contributed by atoms with Gasteiger partial charge >= 0.3 is 0 Å². The highest BCUT2D eigenvalue weighted by Gasteiger charge is 2.14. The van der Waals surface area contributed by atoms with Gasteiger partial charge in [-0.2, -0.15) is 0 Å². The number of rotatable bonds is 9. The molecular weight excluding hydrogens is 402 g/mol. The number of sulfonamides is 2. The van der Waals surface area contributed by atoms with Crippen LogP contribution in [0.3, 0.4) is 0 Å². The van der Waals surface area contributed by atoms with Crippen molar-refractivity contribution in [2.45, 2.75) is 5.75 Å². The van der Waals surface area contributed by atoms with Crippen molar-refractivity contribution in [3.05, 3.63) is 72.3 Å². The number of carbonyl (C=O) groups is 1. The number of carbonyl (C=O) groups excluding carboxylic acids is 1. The molecule has 0 aliphatic heterocycles. The minimum absolute atomic E-state index is 0.150. The fourth-order valence-electron chi connectivity index (χ4n) is 2.31. The van der Waals surface area contributed by atoms with Crippen molar-refractivity contribution in [1.29, 1.82) is 0 Å². The normalized spacial score (nSPS) is 11.6. The van der Waals surface area contributed by atoms with E-state index in [9.17, 15) is 21.6 Å².